The Balaban J connectivity index is 1.65. The van der Waals surface area contributed by atoms with E-state index in [1.165, 1.54) is 12.1 Å². The molecule has 0 radical (unpaired) electrons. The van der Waals surface area contributed by atoms with Gasteiger partial charge in [-0.2, -0.15) is 5.10 Å². The number of hydrogen-bond acceptors (Lipinski definition) is 4. The minimum atomic E-state index is -0.318. The molecule has 3 aromatic heterocycles. The Kier molecular flexibility index (Phi) is 4.91. The number of aromatic nitrogens is 5. The van der Waals surface area contributed by atoms with Crippen molar-refractivity contribution in [3.8, 4) is 22.8 Å². The summed E-state index contributed by atoms with van der Waals surface area (Å²) in [5.74, 6) is 0.285. The number of rotatable bonds is 5. The monoisotopic (exact) mass is 422 g/mol. The van der Waals surface area contributed by atoms with E-state index < -0.39 is 0 Å². The number of benzene rings is 2. The lowest BCUT2D eigenvalue weighted by Crippen LogP contribution is -1.86. The smallest absolute Gasteiger partial charge is 0.159 e. The first-order valence-corrected chi connectivity index (χ1v) is 10.1. The van der Waals surface area contributed by atoms with Crippen LogP contribution in [0.3, 0.4) is 0 Å². The number of nitrogens with one attached hydrogen (secondary N) is 2. The molecule has 156 valence electrons. The minimum absolute atomic E-state index is 0.318. The molecule has 0 aliphatic rings. The van der Waals surface area contributed by atoms with Gasteiger partial charge in [0, 0.05) is 28.9 Å². The number of aromatic amines is 2. The quantitative estimate of drug-likeness (QED) is 0.345. The van der Waals surface area contributed by atoms with Crippen LogP contribution in [-0.4, -0.2) is 31.4 Å². The summed E-state index contributed by atoms with van der Waals surface area (Å²) in [6.07, 6.45) is 6.93. The lowest BCUT2D eigenvalue weighted by molar-refractivity contribution is 0.628. The van der Waals surface area contributed by atoms with E-state index in [0.29, 0.717) is 28.3 Å². The van der Waals surface area contributed by atoms with E-state index in [9.17, 15) is 4.39 Å². The zero-order valence-corrected chi connectivity index (χ0v) is 17.3. The topological polar surface area (TPSA) is 82.6 Å². The summed E-state index contributed by atoms with van der Waals surface area (Å²) in [4.78, 5) is 17.0. The van der Waals surface area contributed by atoms with Crippen molar-refractivity contribution in [2.45, 2.75) is 6.92 Å². The molecule has 3 heterocycles. The maximum absolute atomic E-state index is 13.8. The van der Waals surface area contributed by atoms with Crippen LogP contribution < -0.4 is 0 Å². The van der Waals surface area contributed by atoms with Crippen molar-refractivity contribution in [3.63, 3.8) is 0 Å². The van der Waals surface area contributed by atoms with Crippen LogP contribution in [-0.2, 0) is 0 Å². The van der Waals surface area contributed by atoms with Gasteiger partial charge in [-0.1, -0.05) is 36.9 Å². The second-order valence-corrected chi connectivity index (χ2v) is 7.17. The lowest BCUT2D eigenvalue weighted by Gasteiger charge is -2.02. The number of H-pyrrole nitrogens is 2. The van der Waals surface area contributed by atoms with Crippen molar-refractivity contribution in [2.24, 2.45) is 4.99 Å². The van der Waals surface area contributed by atoms with Crippen LogP contribution >= 0.6 is 0 Å². The third-order valence-electron chi connectivity index (χ3n) is 5.17. The zero-order valence-electron chi connectivity index (χ0n) is 17.3. The van der Waals surface area contributed by atoms with E-state index in [1.807, 2.05) is 43.3 Å². The molecule has 0 bridgehead atoms. The highest BCUT2D eigenvalue weighted by molar-refractivity contribution is 5.97. The van der Waals surface area contributed by atoms with Crippen molar-refractivity contribution >= 4 is 33.8 Å². The molecule has 0 aliphatic heterocycles. The molecule has 32 heavy (non-hydrogen) atoms. The van der Waals surface area contributed by atoms with Crippen LogP contribution in [0.15, 0.2) is 78.5 Å². The third-order valence-corrected chi connectivity index (χ3v) is 5.17. The molecular formula is C25H19FN6. The standard InChI is InChI=1S/C25H19FN6/c1-3-11-27-19(4-2)15-8-9-20-18(14-15)23(32-31-20)25-29-21-10-12-28-22(24(21)30-25)16-6-5-7-17(26)13-16/h3-14H,1H2,2H3,(H,29,30)(H,31,32)/b19-4-,27-11?. The molecule has 0 saturated heterocycles. The molecule has 0 spiro atoms. The first kappa shape index (κ1) is 19.6. The maximum Gasteiger partial charge on any atom is 0.159 e. The molecule has 5 rings (SSSR count). The highest BCUT2D eigenvalue weighted by atomic mass is 19.1. The predicted molar refractivity (Wildman–Crippen MR) is 127 cm³/mol. The molecular weight excluding hydrogens is 403 g/mol. The molecule has 0 amide bonds. The zero-order chi connectivity index (χ0) is 22.1. The molecule has 0 aliphatic carbocycles. The van der Waals surface area contributed by atoms with Crippen LogP contribution in [0, 0.1) is 5.82 Å². The molecule has 5 aromatic rings. The van der Waals surface area contributed by atoms with E-state index in [0.717, 1.165) is 27.7 Å². The van der Waals surface area contributed by atoms with Crippen LogP contribution in [0.25, 0.3) is 50.4 Å². The van der Waals surface area contributed by atoms with Gasteiger partial charge in [-0.25, -0.2) is 9.37 Å². The van der Waals surface area contributed by atoms with Crippen molar-refractivity contribution < 1.29 is 4.39 Å². The van der Waals surface area contributed by atoms with Gasteiger partial charge in [-0.05, 0) is 37.3 Å². The average molecular weight is 422 g/mol. The van der Waals surface area contributed by atoms with Gasteiger partial charge in [-0.3, -0.25) is 15.1 Å². The summed E-state index contributed by atoms with van der Waals surface area (Å²) >= 11 is 0. The van der Waals surface area contributed by atoms with Gasteiger partial charge in [-0.15, -0.1) is 0 Å². The summed E-state index contributed by atoms with van der Waals surface area (Å²) in [5.41, 5.74) is 6.10. The number of nitrogens with zero attached hydrogens (tertiary/aromatic N) is 4. The van der Waals surface area contributed by atoms with Crippen molar-refractivity contribution in [2.75, 3.05) is 0 Å². The molecule has 0 fully saturated rings. The number of pyridine rings is 1. The summed E-state index contributed by atoms with van der Waals surface area (Å²) in [7, 11) is 0. The van der Waals surface area contributed by atoms with E-state index >= 15 is 0 Å². The van der Waals surface area contributed by atoms with Crippen molar-refractivity contribution in [1.82, 2.24) is 25.1 Å². The minimum Gasteiger partial charge on any atom is -0.336 e. The fourth-order valence-electron chi connectivity index (χ4n) is 3.70. The molecule has 0 unspecified atom stereocenters. The van der Waals surface area contributed by atoms with Crippen LogP contribution in [0.1, 0.15) is 12.5 Å². The first-order valence-electron chi connectivity index (χ1n) is 10.1. The van der Waals surface area contributed by atoms with E-state index in [-0.39, 0.29) is 5.82 Å². The highest BCUT2D eigenvalue weighted by Gasteiger charge is 2.16. The van der Waals surface area contributed by atoms with Crippen LogP contribution in [0.2, 0.25) is 0 Å². The van der Waals surface area contributed by atoms with E-state index in [2.05, 4.69) is 31.7 Å². The second-order valence-electron chi connectivity index (χ2n) is 7.17. The Hall–Kier alpha value is -4.39. The number of allylic oxidation sites excluding steroid dienone is 2. The largest absolute Gasteiger partial charge is 0.336 e. The summed E-state index contributed by atoms with van der Waals surface area (Å²) < 4.78 is 13.8. The number of halogens is 1. The number of aliphatic imine (C=N–C) groups is 1. The summed E-state index contributed by atoms with van der Waals surface area (Å²) in [6, 6.07) is 14.2. The van der Waals surface area contributed by atoms with Gasteiger partial charge < -0.3 is 4.98 Å². The number of imidazole rings is 1. The normalized spacial score (nSPS) is 12.2. The molecule has 6 nitrogen and oxygen atoms in total. The Bertz CT molecular complexity index is 1520. The van der Waals surface area contributed by atoms with Gasteiger partial charge in [0.05, 0.1) is 22.4 Å². The fraction of sp³-hybridized carbons (Fsp3) is 0.0400. The fourth-order valence-corrected chi connectivity index (χ4v) is 3.70. The van der Waals surface area contributed by atoms with E-state index in [1.54, 1.807) is 24.6 Å². The van der Waals surface area contributed by atoms with E-state index in [4.69, 9.17) is 4.98 Å². The van der Waals surface area contributed by atoms with Gasteiger partial charge in [0.2, 0.25) is 0 Å². The number of fused-ring (bicyclic) bond motifs is 2. The lowest BCUT2D eigenvalue weighted by atomic mass is 10.1. The Morgan fingerprint density at radius 2 is 2.00 bits per heavy atom. The maximum atomic E-state index is 13.8. The molecule has 0 saturated carbocycles. The molecule has 0 atom stereocenters. The van der Waals surface area contributed by atoms with Crippen LogP contribution in [0.4, 0.5) is 4.39 Å². The van der Waals surface area contributed by atoms with Gasteiger partial charge in [0.1, 0.15) is 17.0 Å². The predicted octanol–water partition coefficient (Wildman–Crippen LogP) is 5.92. The van der Waals surface area contributed by atoms with Gasteiger partial charge in [0.15, 0.2) is 5.82 Å². The van der Waals surface area contributed by atoms with Crippen molar-refractivity contribution in [3.05, 3.63) is 84.8 Å². The van der Waals surface area contributed by atoms with Gasteiger partial charge in [0.25, 0.3) is 0 Å². The van der Waals surface area contributed by atoms with Crippen molar-refractivity contribution in [1.29, 1.82) is 0 Å². The highest BCUT2D eigenvalue weighted by Crippen LogP contribution is 2.31. The molecule has 7 heteroatoms. The summed E-state index contributed by atoms with van der Waals surface area (Å²) in [5, 5.41) is 8.47. The first-order chi connectivity index (χ1) is 15.7. The SMILES string of the molecule is C=CC=N/C(=C\C)c1ccc2[nH]nc(-c3nc4c(-c5cccc(F)c5)nccc4[nH]3)c2c1. The molecule has 2 N–H and O–H groups in total. The van der Waals surface area contributed by atoms with Gasteiger partial charge >= 0.3 is 0 Å². The average Bonchev–Trinajstić information content (AvgIpc) is 3.43. The third kappa shape index (κ3) is 3.39. The number of hydrogen-bond donors (Lipinski definition) is 2. The summed E-state index contributed by atoms with van der Waals surface area (Å²) in [6.45, 7) is 5.62. The molecule has 2 aromatic carbocycles. The Morgan fingerprint density at radius 1 is 1.09 bits per heavy atom. The Labute approximate surface area is 183 Å². The van der Waals surface area contributed by atoms with Crippen LogP contribution in [0.5, 0.6) is 0 Å². The second kappa shape index (κ2) is 8.03. The Morgan fingerprint density at radius 3 is 2.81 bits per heavy atom.